The Bertz CT molecular complexity index is 625. The summed E-state index contributed by atoms with van der Waals surface area (Å²) in [6.45, 7) is 1.78. The first-order valence-electron chi connectivity index (χ1n) is 4.81. The van der Waals surface area contributed by atoms with Crippen molar-refractivity contribution in [3.63, 3.8) is 0 Å². The Labute approximate surface area is 127 Å². The smallest absolute Gasteiger partial charge is 0.132 e. The van der Waals surface area contributed by atoms with Gasteiger partial charge in [0.25, 0.3) is 0 Å². The quantitative estimate of drug-likeness (QED) is 0.804. The third kappa shape index (κ3) is 2.62. The lowest BCUT2D eigenvalue weighted by molar-refractivity contribution is 1.31. The first-order valence-corrected chi connectivity index (χ1v) is 7.13. The minimum absolute atomic E-state index is 0.476. The van der Waals surface area contributed by atoms with Gasteiger partial charge in [0.05, 0.1) is 21.4 Å². The predicted octanol–water partition coefficient (Wildman–Crippen LogP) is 5.14. The molecule has 1 N–H and O–H groups in total. The molecule has 2 aromatic rings. The Morgan fingerprint density at radius 3 is 2.56 bits per heavy atom. The van der Waals surface area contributed by atoms with Crippen LogP contribution in [0.4, 0.5) is 10.7 Å². The second-order valence-electron chi connectivity index (χ2n) is 3.45. The fraction of sp³-hybridized carbons (Fsp3) is 0.0909. The molecule has 0 bridgehead atoms. The van der Waals surface area contributed by atoms with Crippen molar-refractivity contribution in [3.8, 4) is 6.07 Å². The number of benzene rings is 1. The van der Waals surface area contributed by atoms with E-state index in [4.69, 9.17) is 28.5 Å². The lowest BCUT2D eigenvalue weighted by Gasteiger charge is -2.09. The van der Waals surface area contributed by atoms with Gasteiger partial charge in [-0.05, 0) is 30.6 Å². The molecule has 92 valence electrons. The molecule has 1 heterocycles. The maximum absolute atomic E-state index is 9.05. The Hall–Kier alpha value is -0.800. The fourth-order valence-corrected chi connectivity index (χ4v) is 3.42. The maximum Gasteiger partial charge on any atom is 0.132 e. The van der Waals surface area contributed by atoms with Crippen LogP contribution in [-0.2, 0) is 0 Å². The standard InChI is InChI=1S/C11H6BrCl2N3S/c1-5-7(4-15)11(18-17-5)16-10-8(13)2-6(12)3-9(10)14/h2-3,16H,1H3. The Balaban J connectivity index is 2.44. The van der Waals surface area contributed by atoms with Crippen LogP contribution in [0.25, 0.3) is 0 Å². The largest absolute Gasteiger partial charge is 0.342 e. The SMILES string of the molecule is Cc1nsc(Nc2c(Cl)cc(Br)cc2Cl)c1C#N. The van der Waals surface area contributed by atoms with Crippen molar-refractivity contribution in [3.05, 3.63) is 37.9 Å². The summed E-state index contributed by atoms with van der Waals surface area (Å²) >= 11 is 16.7. The molecule has 18 heavy (non-hydrogen) atoms. The van der Waals surface area contributed by atoms with Crippen LogP contribution in [0, 0.1) is 18.3 Å². The fourth-order valence-electron chi connectivity index (χ4n) is 1.36. The summed E-state index contributed by atoms with van der Waals surface area (Å²) < 4.78 is 4.92. The molecule has 1 aromatic heterocycles. The average Bonchev–Trinajstić information content (AvgIpc) is 2.64. The van der Waals surface area contributed by atoms with E-state index in [0.29, 0.717) is 32.0 Å². The number of aromatic nitrogens is 1. The van der Waals surface area contributed by atoms with Crippen LogP contribution < -0.4 is 5.32 Å². The highest BCUT2D eigenvalue weighted by atomic mass is 79.9. The van der Waals surface area contributed by atoms with Crippen molar-refractivity contribution < 1.29 is 0 Å². The van der Waals surface area contributed by atoms with Gasteiger partial charge in [-0.3, -0.25) is 0 Å². The summed E-state index contributed by atoms with van der Waals surface area (Å²) in [5, 5.41) is 13.7. The molecule has 0 aliphatic rings. The molecule has 2 rings (SSSR count). The number of anilines is 2. The van der Waals surface area contributed by atoms with E-state index >= 15 is 0 Å². The molecule has 0 fully saturated rings. The maximum atomic E-state index is 9.05. The van der Waals surface area contributed by atoms with Gasteiger partial charge in [-0.2, -0.15) is 9.64 Å². The minimum atomic E-state index is 0.476. The molecular formula is C11H6BrCl2N3S. The first-order chi connectivity index (χ1) is 8.52. The summed E-state index contributed by atoms with van der Waals surface area (Å²) in [5.41, 5.74) is 1.77. The molecule has 0 amide bonds. The van der Waals surface area contributed by atoms with Crippen LogP contribution in [0.2, 0.25) is 10.0 Å². The number of hydrogen-bond acceptors (Lipinski definition) is 4. The molecular weight excluding hydrogens is 357 g/mol. The van der Waals surface area contributed by atoms with Gasteiger partial charge in [-0.25, -0.2) is 0 Å². The highest BCUT2D eigenvalue weighted by molar-refractivity contribution is 9.10. The molecule has 7 heteroatoms. The van der Waals surface area contributed by atoms with Crippen molar-refractivity contribution in [1.29, 1.82) is 5.26 Å². The van der Waals surface area contributed by atoms with Crippen LogP contribution in [0.5, 0.6) is 0 Å². The van der Waals surface area contributed by atoms with Gasteiger partial charge >= 0.3 is 0 Å². The molecule has 3 nitrogen and oxygen atoms in total. The summed E-state index contributed by atoms with van der Waals surface area (Å²) in [6, 6.07) is 5.57. The normalized spacial score (nSPS) is 10.2. The number of rotatable bonds is 2. The number of hydrogen-bond donors (Lipinski definition) is 1. The van der Waals surface area contributed by atoms with Gasteiger partial charge in [0, 0.05) is 4.47 Å². The summed E-state index contributed by atoms with van der Waals surface area (Å²) in [7, 11) is 0. The van der Waals surface area contributed by atoms with Crippen molar-refractivity contribution in [2.75, 3.05) is 5.32 Å². The molecule has 0 atom stereocenters. The first kappa shape index (κ1) is 13.6. The van der Waals surface area contributed by atoms with E-state index in [1.54, 1.807) is 19.1 Å². The second kappa shape index (κ2) is 5.45. The molecule has 0 unspecified atom stereocenters. The van der Waals surface area contributed by atoms with E-state index in [1.165, 1.54) is 11.5 Å². The molecule has 0 aliphatic carbocycles. The van der Waals surface area contributed by atoms with Crippen LogP contribution in [0.1, 0.15) is 11.3 Å². The summed E-state index contributed by atoms with van der Waals surface area (Å²) in [6.07, 6.45) is 0. The van der Waals surface area contributed by atoms with Crippen LogP contribution in [0.3, 0.4) is 0 Å². The third-order valence-electron chi connectivity index (χ3n) is 2.22. The van der Waals surface area contributed by atoms with E-state index in [1.807, 2.05) is 0 Å². The highest BCUT2D eigenvalue weighted by Crippen LogP contribution is 2.37. The molecule has 0 spiro atoms. The zero-order valence-corrected chi connectivity index (χ0v) is 13.0. The lowest BCUT2D eigenvalue weighted by atomic mass is 10.2. The van der Waals surface area contributed by atoms with E-state index in [0.717, 1.165) is 4.47 Å². The average molecular weight is 363 g/mol. The van der Waals surface area contributed by atoms with Crippen molar-refractivity contribution in [1.82, 2.24) is 4.37 Å². The van der Waals surface area contributed by atoms with Gasteiger partial charge in [-0.15, -0.1) is 0 Å². The number of aryl methyl sites for hydroxylation is 1. The number of nitrogens with one attached hydrogen (secondary N) is 1. The van der Waals surface area contributed by atoms with Crippen LogP contribution >= 0.6 is 50.7 Å². The zero-order chi connectivity index (χ0) is 13.3. The Morgan fingerprint density at radius 1 is 1.39 bits per heavy atom. The predicted molar refractivity (Wildman–Crippen MR) is 79.0 cm³/mol. The summed E-state index contributed by atoms with van der Waals surface area (Å²) in [4.78, 5) is 0. The van der Waals surface area contributed by atoms with E-state index in [-0.39, 0.29) is 0 Å². The zero-order valence-electron chi connectivity index (χ0n) is 9.09. The minimum Gasteiger partial charge on any atom is -0.342 e. The van der Waals surface area contributed by atoms with E-state index in [2.05, 4.69) is 31.7 Å². The molecule has 1 aromatic carbocycles. The van der Waals surface area contributed by atoms with Gasteiger partial charge in [0.2, 0.25) is 0 Å². The number of halogens is 3. The molecule has 0 aliphatic heterocycles. The molecule has 0 saturated carbocycles. The van der Waals surface area contributed by atoms with E-state index in [9.17, 15) is 0 Å². The number of nitrogens with zero attached hydrogens (tertiary/aromatic N) is 2. The van der Waals surface area contributed by atoms with Crippen molar-refractivity contribution in [2.24, 2.45) is 0 Å². The van der Waals surface area contributed by atoms with Crippen molar-refractivity contribution in [2.45, 2.75) is 6.92 Å². The van der Waals surface area contributed by atoms with E-state index < -0.39 is 0 Å². The Kier molecular flexibility index (Phi) is 4.13. The number of nitriles is 1. The lowest BCUT2D eigenvalue weighted by Crippen LogP contribution is -1.93. The summed E-state index contributed by atoms with van der Waals surface area (Å²) in [5.74, 6) is 0. The second-order valence-corrected chi connectivity index (χ2v) is 5.96. The third-order valence-corrected chi connectivity index (χ3v) is 4.13. The van der Waals surface area contributed by atoms with Crippen molar-refractivity contribution >= 4 is 61.4 Å². The van der Waals surface area contributed by atoms with Crippen LogP contribution in [-0.4, -0.2) is 4.37 Å². The van der Waals surface area contributed by atoms with Gasteiger partial charge in [0.15, 0.2) is 0 Å². The van der Waals surface area contributed by atoms with Crippen LogP contribution in [0.15, 0.2) is 16.6 Å². The van der Waals surface area contributed by atoms with Gasteiger partial charge in [-0.1, -0.05) is 39.1 Å². The molecule has 0 saturated heterocycles. The highest BCUT2D eigenvalue weighted by Gasteiger charge is 2.14. The monoisotopic (exact) mass is 361 g/mol. The van der Waals surface area contributed by atoms with Gasteiger partial charge < -0.3 is 5.32 Å². The Morgan fingerprint density at radius 2 is 2.00 bits per heavy atom. The topological polar surface area (TPSA) is 48.7 Å². The van der Waals surface area contributed by atoms with Gasteiger partial charge in [0.1, 0.15) is 16.6 Å². The molecule has 0 radical (unpaired) electrons.